The summed E-state index contributed by atoms with van der Waals surface area (Å²) in [6.45, 7) is 1.93. The summed E-state index contributed by atoms with van der Waals surface area (Å²) in [6.07, 6.45) is 0. The Hall–Kier alpha value is -2.07. The van der Waals surface area contributed by atoms with Gasteiger partial charge in [-0.25, -0.2) is 0 Å². The van der Waals surface area contributed by atoms with E-state index >= 15 is 0 Å². The zero-order valence-corrected chi connectivity index (χ0v) is 12.1. The molecule has 104 valence electrons. The fourth-order valence-corrected chi connectivity index (χ4v) is 2.10. The van der Waals surface area contributed by atoms with Gasteiger partial charge in [0.05, 0.1) is 11.6 Å². The lowest BCUT2D eigenvalue weighted by atomic mass is 10.1. The second-order valence-electron chi connectivity index (χ2n) is 4.39. The number of phenolic OH excluding ortho intramolecular Hbond substituents is 1. The number of nitrogens with one attached hydrogen (secondary N) is 1. The van der Waals surface area contributed by atoms with Crippen LogP contribution in [0.3, 0.4) is 0 Å². The summed E-state index contributed by atoms with van der Waals surface area (Å²) in [5, 5.41) is 21.4. The summed E-state index contributed by atoms with van der Waals surface area (Å²) in [4.78, 5) is 0. The van der Waals surface area contributed by atoms with E-state index < -0.39 is 0 Å². The minimum absolute atomic E-state index is 0.0799. The summed E-state index contributed by atoms with van der Waals surface area (Å²) in [5.74, 6) is 0.319. The monoisotopic (exact) mass is 289 g/mol. The Bertz CT molecular complexity index is 641. The predicted molar refractivity (Wildman–Crippen MR) is 82.6 cm³/mol. The predicted octanol–water partition coefficient (Wildman–Crippen LogP) is 4.90. The molecule has 0 spiro atoms. The molecular weight excluding hydrogens is 274 g/mol. The fraction of sp³-hybridized carbons (Fsp3) is 0.200. The van der Waals surface area contributed by atoms with E-state index in [0.717, 1.165) is 11.3 Å². The molecule has 0 unspecified atom stereocenters. The smallest absolute Gasteiger partial charge is 0.147 e. The molecule has 2 aromatic carbocycles. The lowest BCUT2D eigenvalue weighted by Crippen LogP contribution is -1.87. The third-order valence-corrected chi connectivity index (χ3v) is 3.18. The van der Waals surface area contributed by atoms with Gasteiger partial charge in [-0.3, -0.25) is 0 Å². The number of azo groups is 1. The van der Waals surface area contributed by atoms with Gasteiger partial charge in [-0.2, -0.15) is 0 Å². The molecule has 20 heavy (non-hydrogen) atoms. The largest absolute Gasteiger partial charge is 0.505 e. The Morgan fingerprint density at radius 3 is 2.55 bits per heavy atom. The van der Waals surface area contributed by atoms with E-state index in [-0.39, 0.29) is 11.6 Å². The topological polar surface area (TPSA) is 57.0 Å². The quantitative estimate of drug-likeness (QED) is 0.621. The van der Waals surface area contributed by atoms with Crippen molar-refractivity contribution in [3.05, 3.63) is 47.5 Å². The van der Waals surface area contributed by atoms with Gasteiger partial charge in [-0.1, -0.05) is 18.2 Å². The van der Waals surface area contributed by atoms with Crippen molar-refractivity contribution in [1.82, 2.24) is 0 Å². The van der Waals surface area contributed by atoms with Crippen LogP contribution in [0.15, 0.2) is 46.6 Å². The van der Waals surface area contributed by atoms with E-state index in [9.17, 15) is 5.11 Å². The highest BCUT2D eigenvalue weighted by atomic mass is 35.5. The van der Waals surface area contributed by atoms with Crippen molar-refractivity contribution in [3.63, 3.8) is 0 Å². The van der Waals surface area contributed by atoms with Gasteiger partial charge in [0.1, 0.15) is 17.1 Å². The van der Waals surface area contributed by atoms with E-state index in [1.54, 1.807) is 6.07 Å². The van der Waals surface area contributed by atoms with Crippen molar-refractivity contribution in [2.45, 2.75) is 12.8 Å². The number of para-hydroxylation sites is 1. The summed E-state index contributed by atoms with van der Waals surface area (Å²) in [7, 11) is 1.82. The summed E-state index contributed by atoms with van der Waals surface area (Å²) >= 11 is 5.80. The maximum absolute atomic E-state index is 10.1. The highest BCUT2D eigenvalue weighted by Gasteiger charge is 2.08. The minimum atomic E-state index is 0.0799. The molecule has 0 saturated carbocycles. The third kappa shape index (κ3) is 3.08. The van der Waals surface area contributed by atoms with Crippen LogP contribution in [-0.2, 0) is 5.88 Å². The molecule has 0 atom stereocenters. The van der Waals surface area contributed by atoms with Gasteiger partial charge in [-0.05, 0) is 30.7 Å². The van der Waals surface area contributed by atoms with E-state index in [1.807, 2.05) is 44.3 Å². The number of hydrogen-bond donors (Lipinski definition) is 2. The van der Waals surface area contributed by atoms with Crippen LogP contribution in [0.2, 0.25) is 0 Å². The molecule has 0 radical (unpaired) electrons. The normalized spacial score (nSPS) is 10.9. The maximum Gasteiger partial charge on any atom is 0.147 e. The molecule has 0 fully saturated rings. The molecule has 0 aliphatic carbocycles. The number of aromatic hydroxyl groups is 1. The molecule has 0 aliphatic rings. The van der Waals surface area contributed by atoms with Gasteiger partial charge in [-0.15, -0.1) is 21.8 Å². The number of halogens is 1. The van der Waals surface area contributed by atoms with Gasteiger partial charge in [0.2, 0.25) is 0 Å². The second-order valence-corrected chi connectivity index (χ2v) is 4.66. The number of phenols is 1. The molecule has 0 bridgehead atoms. The van der Waals surface area contributed by atoms with Crippen LogP contribution in [0, 0.1) is 6.92 Å². The van der Waals surface area contributed by atoms with Crippen LogP contribution in [0.5, 0.6) is 5.75 Å². The van der Waals surface area contributed by atoms with Crippen LogP contribution >= 0.6 is 11.6 Å². The highest BCUT2D eigenvalue weighted by Crippen LogP contribution is 2.34. The van der Waals surface area contributed by atoms with Crippen molar-refractivity contribution < 1.29 is 5.11 Å². The lowest BCUT2D eigenvalue weighted by molar-refractivity contribution is 0.471. The molecule has 0 amide bonds. The van der Waals surface area contributed by atoms with Gasteiger partial charge in [0.25, 0.3) is 0 Å². The van der Waals surface area contributed by atoms with E-state index in [2.05, 4.69) is 15.5 Å². The Kier molecular flexibility index (Phi) is 4.58. The number of nitrogens with zero attached hydrogens (tertiary/aromatic N) is 2. The van der Waals surface area contributed by atoms with Gasteiger partial charge >= 0.3 is 0 Å². The van der Waals surface area contributed by atoms with Crippen LogP contribution in [0.4, 0.5) is 17.1 Å². The Labute approximate surface area is 123 Å². The van der Waals surface area contributed by atoms with E-state index in [1.165, 1.54) is 0 Å². The van der Waals surface area contributed by atoms with Crippen molar-refractivity contribution >= 4 is 28.7 Å². The molecule has 0 aliphatic heterocycles. The average Bonchev–Trinajstić information content (AvgIpc) is 2.48. The summed E-state index contributed by atoms with van der Waals surface area (Å²) in [5.41, 5.74) is 3.65. The molecule has 2 rings (SSSR count). The zero-order valence-electron chi connectivity index (χ0n) is 11.4. The summed E-state index contributed by atoms with van der Waals surface area (Å²) in [6, 6.07) is 11.2. The average molecular weight is 290 g/mol. The Balaban J connectivity index is 2.39. The summed E-state index contributed by atoms with van der Waals surface area (Å²) < 4.78 is 0. The fourth-order valence-electron chi connectivity index (χ4n) is 1.89. The zero-order chi connectivity index (χ0) is 14.5. The Morgan fingerprint density at radius 1 is 1.15 bits per heavy atom. The molecule has 0 saturated heterocycles. The van der Waals surface area contributed by atoms with Crippen LogP contribution < -0.4 is 5.32 Å². The van der Waals surface area contributed by atoms with Crippen molar-refractivity contribution in [3.8, 4) is 5.75 Å². The molecule has 0 heterocycles. The highest BCUT2D eigenvalue weighted by molar-refractivity contribution is 6.17. The second kappa shape index (κ2) is 6.39. The van der Waals surface area contributed by atoms with Crippen LogP contribution in [0.25, 0.3) is 0 Å². The van der Waals surface area contributed by atoms with E-state index in [0.29, 0.717) is 16.9 Å². The first kappa shape index (κ1) is 14.3. The standard InChI is InChI=1S/C15H16ClN3O/c1-10-7-11(9-16)15(20)14(8-10)19-18-13-6-4-3-5-12(13)17-2/h3-8,17,20H,9H2,1-2H3. The SMILES string of the molecule is CNc1ccccc1N=Nc1cc(C)cc(CCl)c1O. The van der Waals surface area contributed by atoms with Crippen molar-refractivity contribution in [1.29, 1.82) is 0 Å². The molecule has 2 N–H and O–H groups in total. The number of anilines is 1. The van der Waals surface area contributed by atoms with Gasteiger partial charge in [0, 0.05) is 12.6 Å². The minimum Gasteiger partial charge on any atom is -0.505 e. The number of rotatable bonds is 4. The van der Waals surface area contributed by atoms with Crippen LogP contribution in [-0.4, -0.2) is 12.2 Å². The van der Waals surface area contributed by atoms with Gasteiger partial charge in [0.15, 0.2) is 0 Å². The number of alkyl halides is 1. The number of aryl methyl sites for hydroxylation is 1. The number of benzene rings is 2. The van der Waals surface area contributed by atoms with Crippen LogP contribution in [0.1, 0.15) is 11.1 Å². The van der Waals surface area contributed by atoms with Crippen molar-refractivity contribution in [2.24, 2.45) is 10.2 Å². The van der Waals surface area contributed by atoms with Gasteiger partial charge < -0.3 is 10.4 Å². The molecule has 4 nitrogen and oxygen atoms in total. The molecule has 5 heteroatoms. The van der Waals surface area contributed by atoms with Crippen molar-refractivity contribution in [2.75, 3.05) is 12.4 Å². The molecule has 0 aromatic heterocycles. The number of hydrogen-bond acceptors (Lipinski definition) is 4. The lowest BCUT2D eigenvalue weighted by Gasteiger charge is -2.06. The first-order valence-corrected chi connectivity index (χ1v) is 6.76. The molecular formula is C15H16ClN3O. The van der Waals surface area contributed by atoms with E-state index in [4.69, 9.17) is 11.6 Å². The Morgan fingerprint density at radius 2 is 1.85 bits per heavy atom. The maximum atomic E-state index is 10.1. The molecule has 2 aromatic rings. The third-order valence-electron chi connectivity index (χ3n) is 2.90. The first-order chi connectivity index (χ1) is 9.65. The first-order valence-electron chi connectivity index (χ1n) is 6.22.